The molecule has 7 nitrogen and oxygen atoms in total. The minimum Gasteiger partial charge on any atom is -0.390 e. The van der Waals surface area contributed by atoms with Crippen molar-refractivity contribution in [3.05, 3.63) is 52.8 Å². The van der Waals surface area contributed by atoms with E-state index in [0.29, 0.717) is 24.6 Å². The van der Waals surface area contributed by atoms with Crippen molar-refractivity contribution in [1.82, 2.24) is 15.2 Å². The molecular formula is C23H27F2N5O2. The molecule has 0 spiro atoms. The van der Waals surface area contributed by atoms with Gasteiger partial charge in [-0.2, -0.15) is 13.9 Å². The quantitative estimate of drug-likeness (QED) is 0.601. The van der Waals surface area contributed by atoms with E-state index >= 15 is 0 Å². The molecule has 2 aromatic heterocycles. The van der Waals surface area contributed by atoms with Crippen LogP contribution in [-0.4, -0.2) is 53.2 Å². The molecule has 9 heteroatoms. The van der Waals surface area contributed by atoms with E-state index in [1.54, 1.807) is 12.1 Å². The van der Waals surface area contributed by atoms with Gasteiger partial charge in [0.05, 0.1) is 41.8 Å². The summed E-state index contributed by atoms with van der Waals surface area (Å²) >= 11 is 0. The molecule has 0 saturated carbocycles. The minimum absolute atomic E-state index is 0.224. The van der Waals surface area contributed by atoms with Crippen molar-refractivity contribution in [1.29, 1.82) is 0 Å². The van der Waals surface area contributed by atoms with E-state index in [9.17, 15) is 8.78 Å². The number of hydrogen-bond acceptors (Lipinski definition) is 7. The average Bonchev–Trinajstić information content (AvgIpc) is 2.81. The van der Waals surface area contributed by atoms with Crippen LogP contribution in [0.25, 0.3) is 10.9 Å². The summed E-state index contributed by atoms with van der Waals surface area (Å²) in [7, 11) is 0. The number of anilines is 2. The van der Waals surface area contributed by atoms with Gasteiger partial charge in [-0.05, 0) is 38.5 Å². The average molecular weight is 443 g/mol. The lowest BCUT2D eigenvalue weighted by atomic mass is 10.0. The van der Waals surface area contributed by atoms with Crippen LogP contribution >= 0.6 is 0 Å². The molecule has 32 heavy (non-hydrogen) atoms. The van der Waals surface area contributed by atoms with Gasteiger partial charge in [-0.3, -0.25) is 0 Å². The van der Waals surface area contributed by atoms with E-state index < -0.39 is 12.5 Å². The Hall–Kier alpha value is -2.91. The first-order chi connectivity index (χ1) is 15.3. The number of aliphatic hydroxyl groups is 1. The number of aromatic nitrogens is 3. The second-order valence-electron chi connectivity index (χ2n) is 8.08. The van der Waals surface area contributed by atoms with Gasteiger partial charge in [0.15, 0.2) is 5.82 Å². The second kappa shape index (κ2) is 8.91. The number of pyridine rings is 1. The van der Waals surface area contributed by atoms with Crippen molar-refractivity contribution in [2.24, 2.45) is 0 Å². The highest BCUT2D eigenvalue weighted by Crippen LogP contribution is 2.33. The number of nitrogens with one attached hydrogen (secondary N) is 1. The monoisotopic (exact) mass is 443 g/mol. The first-order valence-electron chi connectivity index (χ1n) is 10.6. The molecule has 3 heterocycles. The lowest BCUT2D eigenvalue weighted by Crippen LogP contribution is -2.36. The molecular weight excluding hydrogens is 416 g/mol. The maximum atomic E-state index is 14.0. The summed E-state index contributed by atoms with van der Waals surface area (Å²) in [5, 5.41) is 21.7. The van der Waals surface area contributed by atoms with Gasteiger partial charge in [0.25, 0.3) is 5.92 Å². The Morgan fingerprint density at radius 2 is 1.91 bits per heavy atom. The molecule has 0 amide bonds. The third-order valence-corrected chi connectivity index (χ3v) is 5.80. The number of morpholine rings is 1. The molecule has 1 saturated heterocycles. The number of aliphatic hydroxyl groups excluding tert-OH is 1. The Morgan fingerprint density at radius 3 is 2.62 bits per heavy atom. The van der Waals surface area contributed by atoms with Crippen LogP contribution < -0.4 is 10.2 Å². The second-order valence-corrected chi connectivity index (χ2v) is 8.08. The van der Waals surface area contributed by atoms with Crippen molar-refractivity contribution in [2.45, 2.75) is 32.7 Å². The minimum atomic E-state index is -3.29. The first-order valence-corrected chi connectivity index (χ1v) is 10.6. The van der Waals surface area contributed by atoms with E-state index in [1.165, 1.54) is 12.1 Å². The zero-order valence-corrected chi connectivity index (χ0v) is 18.4. The van der Waals surface area contributed by atoms with Crippen LogP contribution in [0.1, 0.15) is 35.5 Å². The van der Waals surface area contributed by atoms with Gasteiger partial charge >= 0.3 is 0 Å². The molecule has 1 atom stereocenters. The van der Waals surface area contributed by atoms with Crippen LogP contribution in [0.15, 0.2) is 30.3 Å². The molecule has 3 aromatic rings. The number of fused-ring (bicyclic) bond motifs is 1. The molecule has 1 aliphatic rings. The molecule has 0 aliphatic carbocycles. The maximum Gasteiger partial charge on any atom is 0.295 e. The number of halogens is 2. The predicted octanol–water partition coefficient (Wildman–Crippen LogP) is 3.74. The van der Waals surface area contributed by atoms with E-state index in [-0.39, 0.29) is 11.6 Å². The smallest absolute Gasteiger partial charge is 0.295 e. The van der Waals surface area contributed by atoms with Crippen molar-refractivity contribution < 1.29 is 18.6 Å². The molecule has 0 bridgehead atoms. The van der Waals surface area contributed by atoms with Crippen LogP contribution in [0, 0.1) is 13.8 Å². The zero-order chi connectivity index (χ0) is 22.9. The number of hydrogen-bond donors (Lipinski definition) is 2. The fraction of sp³-hybridized carbons (Fsp3) is 0.435. The summed E-state index contributed by atoms with van der Waals surface area (Å²) < 4.78 is 33.4. The van der Waals surface area contributed by atoms with E-state index in [1.807, 2.05) is 20.8 Å². The highest BCUT2D eigenvalue weighted by molar-refractivity contribution is 5.93. The van der Waals surface area contributed by atoms with Crippen LogP contribution in [-0.2, 0) is 10.7 Å². The normalized spacial score (nSPS) is 15.8. The predicted molar refractivity (Wildman–Crippen MR) is 119 cm³/mol. The largest absolute Gasteiger partial charge is 0.390 e. The number of alkyl halides is 2. The fourth-order valence-electron chi connectivity index (χ4n) is 3.92. The Bertz CT molecular complexity index is 1120. The van der Waals surface area contributed by atoms with Crippen LogP contribution in [0.5, 0.6) is 0 Å². The summed E-state index contributed by atoms with van der Waals surface area (Å²) in [6.07, 6.45) is 0. The van der Waals surface area contributed by atoms with Crippen molar-refractivity contribution in [3.63, 3.8) is 0 Å². The van der Waals surface area contributed by atoms with Crippen molar-refractivity contribution in [2.75, 3.05) is 43.1 Å². The zero-order valence-electron chi connectivity index (χ0n) is 18.4. The summed E-state index contributed by atoms with van der Waals surface area (Å²) in [6.45, 7) is 7.39. The highest BCUT2D eigenvalue weighted by atomic mass is 19.3. The molecule has 4 rings (SSSR count). The number of ether oxygens (including phenoxy) is 1. The molecule has 1 aliphatic heterocycles. The van der Waals surface area contributed by atoms with Gasteiger partial charge in [0, 0.05) is 24.0 Å². The Kier molecular flexibility index (Phi) is 6.21. The molecule has 170 valence electrons. The SMILES string of the molecule is Cc1nc2c(C)nnc(N[C@H](C)c3cccc(C(F)(F)CO)c3)c2cc1N1CCOCC1. The Labute approximate surface area is 185 Å². The molecule has 2 N–H and O–H groups in total. The van der Waals surface area contributed by atoms with Gasteiger partial charge < -0.3 is 20.1 Å². The number of aryl methyl sites for hydroxylation is 2. The van der Waals surface area contributed by atoms with Crippen molar-refractivity contribution in [3.8, 4) is 0 Å². The third-order valence-electron chi connectivity index (χ3n) is 5.80. The summed E-state index contributed by atoms with van der Waals surface area (Å²) in [6, 6.07) is 7.79. The van der Waals surface area contributed by atoms with E-state index in [4.69, 9.17) is 14.8 Å². The lowest BCUT2D eigenvalue weighted by molar-refractivity contribution is -0.0556. The third kappa shape index (κ3) is 4.35. The summed E-state index contributed by atoms with van der Waals surface area (Å²) in [5.74, 6) is -2.75. The summed E-state index contributed by atoms with van der Waals surface area (Å²) in [4.78, 5) is 7.04. The van der Waals surface area contributed by atoms with Crippen molar-refractivity contribution >= 4 is 22.4 Å². The van der Waals surface area contributed by atoms with E-state index in [2.05, 4.69) is 26.5 Å². The van der Waals surface area contributed by atoms with Crippen LogP contribution in [0.3, 0.4) is 0 Å². The summed E-state index contributed by atoms with van der Waals surface area (Å²) in [5.41, 5.74) is 3.84. The lowest BCUT2D eigenvalue weighted by Gasteiger charge is -2.30. The Balaban J connectivity index is 1.70. The van der Waals surface area contributed by atoms with E-state index in [0.717, 1.165) is 41.1 Å². The fourth-order valence-corrected chi connectivity index (χ4v) is 3.92. The topological polar surface area (TPSA) is 83.4 Å². The standard InChI is InChI=1S/C23H27F2N5O2/c1-14(17-5-4-6-18(11-17)23(24,25)13-31)27-22-19-12-20(30-7-9-32-10-8-30)15(2)26-21(19)16(3)28-29-22/h4-6,11-12,14,31H,7-10,13H2,1-3H3,(H,27,29)/t14-/m1/s1. The van der Waals surface area contributed by atoms with Crippen LogP contribution in [0.4, 0.5) is 20.3 Å². The number of benzene rings is 1. The van der Waals surface area contributed by atoms with Gasteiger partial charge in [0.2, 0.25) is 0 Å². The molecule has 1 fully saturated rings. The van der Waals surface area contributed by atoms with Gasteiger partial charge in [0.1, 0.15) is 6.61 Å². The highest BCUT2D eigenvalue weighted by Gasteiger charge is 2.31. The first kappa shape index (κ1) is 22.3. The van der Waals surface area contributed by atoms with Gasteiger partial charge in [-0.1, -0.05) is 18.2 Å². The molecule has 0 radical (unpaired) electrons. The van der Waals surface area contributed by atoms with Crippen LogP contribution in [0.2, 0.25) is 0 Å². The number of nitrogens with zero attached hydrogens (tertiary/aromatic N) is 4. The van der Waals surface area contributed by atoms with Gasteiger partial charge in [-0.25, -0.2) is 4.98 Å². The number of rotatable bonds is 6. The molecule has 0 unspecified atom stereocenters. The Morgan fingerprint density at radius 1 is 1.16 bits per heavy atom. The van der Waals surface area contributed by atoms with Gasteiger partial charge in [-0.15, -0.1) is 5.10 Å². The maximum absolute atomic E-state index is 14.0. The molecule has 1 aromatic carbocycles.